The molecule has 1 aromatic carbocycles. The Hall–Kier alpha value is -3.39. The molecule has 6 rings (SSSR count). The summed E-state index contributed by atoms with van der Waals surface area (Å²) < 4.78 is 48.1. The van der Waals surface area contributed by atoms with Gasteiger partial charge in [-0.25, -0.2) is 22.6 Å². The van der Waals surface area contributed by atoms with Gasteiger partial charge in [0, 0.05) is 37.3 Å². The number of benzene rings is 1. The fourth-order valence-corrected chi connectivity index (χ4v) is 8.80. The monoisotopic (exact) mass is 642 g/mol. The van der Waals surface area contributed by atoms with Gasteiger partial charge in [-0.15, -0.1) is 11.3 Å². The summed E-state index contributed by atoms with van der Waals surface area (Å²) in [6, 6.07) is 10.1. The standard InChI is InChI=1S/C31H35FN4O6S2/c32-23-9-7-22(8-10-23)27-17-25(30(43-27)31(38)39)36-26(21-5-2-1-3-6-21)19-35(20-29(36)37)44(40,41)24-11-12-28(33-18-24)34-13-4-15-42-16-14-34/h7-12,17-18,21,26H,1-6,13-16,19-20H2,(H,38,39)/t26-/m0/s1. The predicted octanol–water partition coefficient (Wildman–Crippen LogP) is 4.86. The molecule has 4 heterocycles. The van der Waals surface area contributed by atoms with Crippen molar-refractivity contribution in [3.05, 3.63) is 59.4 Å². The van der Waals surface area contributed by atoms with E-state index < -0.39 is 40.3 Å². The third-order valence-electron chi connectivity index (χ3n) is 8.70. The SMILES string of the molecule is O=C(O)c1sc(-c2ccc(F)cc2)cc1N1C(=O)CN(S(=O)(=O)c2ccc(N3CCCOCC3)nc2)C[C@H]1C1CCCCC1. The number of ether oxygens (including phenoxy) is 1. The van der Waals surface area contributed by atoms with Gasteiger partial charge in [0.15, 0.2) is 0 Å². The molecule has 2 aromatic heterocycles. The molecule has 44 heavy (non-hydrogen) atoms. The number of thiophene rings is 1. The fraction of sp³-hybridized carbons (Fsp3) is 0.452. The third kappa shape index (κ3) is 6.23. The van der Waals surface area contributed by atoms with Crippen LogP contribution >= 0.6 is 11.3 Å². The summed E-state index contributed by atoms with van der Waals surface area (Å²) in [5.41, 5.74) is 0.892. The van der Waals surface area contributed by atoms with Gasteiger partial charge in [-0.05, 0) is 61.1 Å². The maximum atomic E-state index is 13.9. The van der Waals surface area contributed by atoms with E-state index in [1.807, 2.05) is 0 Å². The van der Waals surface area contributed by atoms with Gasteiger partial charge in [0.25, 0.3) is 0 Å². The van der Waals surface area contributed by atoms with Crippen molar-refractivity contribution in [1.82, 2.24) is 9.29 Å². The van der Waals surface area contributed by atoms with Crippen LogP contribution in [0.1, 0.15) is 48.2 Å². The number of hydrogen-bond donors (Lipinski definition) is 1. The number of carboxylic acid groups (broad SMARTS) is 1. The van der Waals surface area contributed by atoms with Gasteiger partial charge < -0.3 is 19.6 Å². The molecular weight excluding hydrogens is 607 g/mol. The predicted molar refractivity (Wildman–Crippen MR) is 165 cm³/mol. The number of nitrogens with zero attached hydrogens (tertiary/aromatic N) is 4. The number of aromatic carboxylic acids is 1. The van der Waals surface area contributed by atoms with Crippen LogP contribution < -0.4 is 9.80 Å². The molecule has 0 radical (unpaired) electrons. The van der Waals surface area contributed by atoms with Crippen molar-refractivity contribution < 1.29 is 32.2 Å². The van der Waals surface area contributed by atoms with E-state index in [1.165, 1.54) is 33.6 Å². The summed E-state index contributed by atoms with van der Waals surface area (Å²) in [6.07, 6.45) is 6.81. The highest BCUT2D eigenvalue weighted by atomic mass is 32.2. The second-order valence-electron chi connectivity index (χ2n) is 11.5. The minimum absolute atomic E-state index is 0.00602. The average molecular weight is 643 g/mol. The normalized spacial score (nSPS) is 20.9. The number of halogens is 1. The molecule has 10 nitrogen and oxygen atoms in total. The number of hydrogen-bond acceptors (Lipinski definition) is 8. The van der Waals surface area contributed by atoms with E-state index in [0.717, 1.165) is 56.4 Å². The summed E-state index contributed by atoms with van der Waals surface area (Å²) in [6.45, 7) is 2.32. The van der Waals surface area contributed by atoms with Crippen LogP contribution in [0.5, 0.6) is 0 Å². The van der Waals surface area contributed by atoms with Crippen molar-refractivity contribution in [3.63, 3.8) is 0 Å². The molecule has 0 unspecified atom stereocenters. The van der Waals surface area contributed by atoms with Crippen molar-refractivity contribution in [2.75, 3.05) is 49.2 Å². The molecule has 1 N–H and O–H groups in total. The van der Waals surface area contributed by atoms with Crippen molar-refractivity contribution in [2.24, 2.45) is 5.92 Å². The summed E-state index contributed by atoms with van der Waals surface area (Å²) in [5.74, 6) is -1.38. The summed E-state index contributed by atoms with van der Waals surface area (Å²) in [7, 11) is -4.06. The molecule has 3 fully saturated rings. The van der Waals surface area contributed by atoms with Crippen LogP contribution in [-0.4, -0.2) is 80.1 Å². The zero-order valence-electron chi connectivity index (χ0n) is 24.2. The highest BCUT2D eigenvalue weighted by Crippen LogP contribution is 2.42. The van der Waals surface area contributed by atoms with E-state index in [-0.39, 0.29) is 27.9 Å². The Balaban J connectivity index is 1.32. The molecule has 3 aromatic rings. The van der Waals surface area contributed by atoms with Crippen LogP contribution in [0.15, 0.2) is 53.6 Å². The van der Waals surface area contributed by atoms with Crippen molar-refractivity contribution in [3.8, 4) is 10.4 Å². The summed E-state index contributed by atoms with van der Waals surface area (Å²) in [4.78, 5) is 35.0. The zero-order valence-corrected chi connectivity index (χ0v) is 25.9. The maximum absolute atomic E-state index is 13.9. The van der Waals surface area contributed by atoms with Crippen LogP contribution in [0.4, 0.5) is 15.9 Å². The molecule has 3 aliphatic rings. The smallest absolute Gasteiger partial charge is 0.348 e. The van der Waals surface area contributed by atoms with E-state index in [1.54, 1.807) is 24.3 Å². The molecule has 2 aliphatic heterocycles. The van der Waals surface area contributed by atoms with Gasteiger partial charge in [0.2, 0.25) is 15.9 Å². The van der Waals surface area contributed by atoms with Crippen LogP contribution in [-0.2, 0) is 19.6 Å². The number of pyridine rings is 1. The van der Waals surface area contributed by atoms with Gasteiger partial charge in [0.05, 0.1) is 24.9 Å². The van der Waals surface area contributed by atoms with Gasteiger partial charge in [-0.2, -0.15) is 4.31 Å². The lowest BCUT2D eigenvalue weighted by Crippen LogP contribution is -2.60. The van der Waals surface area contributed by atoms with Gasteiger partial charge >= 0.3 is 5.97 Å². The van der Waals surface area contributed by atoms with Crippen molar-refractivity contribution in [2.45, 2.75) is 49.5 Å². The lowest BCUT2D eigenvalue weighted by atomic mass is 9.82. The molecular formula is C31H35FN4O6S2. The van der Waals surface area contributed by atoms with Crippen molar-refractivity contribution >= 4 is 44.7 Å². The molecule has 13 heteroatoms. The number of piperazine rings is 1. The number of amides is 1. The molecule has 0 bridgehead atoms. The molecule has 1 amide bonds. The number of rotatable bonds is 7. The van der Waals surface area contributed by atoms with Gasteiger partial charge in [-0.3, -0.25) is 4.79 Å². The number of carbonyl (C=O) groups excluding carboxylic acids is 1. The Kier molecular flexibility index (Phi) is 8.99. The third-order valence-corrected chi connectivity index (χ3v) is 11.7. The van der Waals surface area contributed by atoms with Gasteiger partial charge in [-0.1, -0.05) is 31.4 Å². The zero-order chi connectivity index (χ0) is 30.8. The number of carboxylic acids is 1. The molecule has 1 saturated carbocycles. The quantitative estimate of drug-likeness (QED) is 0.388. The molecule has 2 saturated heterocycles. The van der Waals surface area contributed by atoms with E-state index in [0.29, 0.717) is 36.0 Å². The largest absolute Gasteiger partial charge is 0.477 e. The highest BCUT2D eigenvalue weighted by molar-refractivity contribution is 7.89. The lowest BCUT2D eigenvalue weighted by Gasteiger charge is -2.44. The summed E-state index contributed by atoms with van der Waals surface area (Å²) in [5, 5.41) is 10.1. The topological polar surface area (TPSA) is 120 Å². The minimum atomic E-state index is -4.06. The van der Waals surface area contributed by atoms with E-state index in [2.05, 4.69) is 9.88 Å². The number of carbonyl (C=O) groups is 2. The second-order valence-corrected chi connectivity index (χ2v) is 14.5. The lowest BCUT2D eigenvalue weighted by molar-refractivity contribution is -0.121. The summed E-state index contributed by atoms with van der Waals surface area (Å²) >= 11 is 1.02. The van der Waals surface area contributed by atoms with Gasteiger partial charge in [0.1, 0.15) is 21.4 Å². The van der Waals surface area contributed by atoms with E-state index in [4.69, 9.17) is 4.74 Å². The maximum Gasteiger partial charge on any atom is 0.348 e. The first kappa shape index (κ1) is 30.6. The Morgan fingerprint density at radius 1 is 1.02 bits per heavy atom. The minimum Gasteiger partial charge on any atom is -0.477 e. The molecule has 234 valence electrons. The number of anilines is 2. The van der Waals surface area contributed by atoms with Crippen LogP contribution in [0.3, 0.4) is 0 Å². The number of sulfonamides is 1. The van der Waals surface area contributed by atoms with Crippen LogP contribution in [0.2, 0.25) is 0 Å². The van der Waals surface area contributed by atoms with E-state index in [9.17, 15) is 27.5 Å². The average Bonchev–Trinajstić information content (AvgIpc) is 3.29. The fourth-order valence-electron chi connectivity index (χ4n) is 6.45. The Morgan fingerprint density at radius 3 is 2.50 bits per heavy atom. The molecule has 1 aliphatic carbocycles. The van der Waals surface area contributed by atoms with Crippen molar-refractivity contribution in [1.29, 1.82) is 0 Å². The highest BCUT2D eigenvalue weighted by Gasteiger charge is 2.44. The van der Waals surface area contributed by atoms with Crippen LogP contribution in [0.25, 0.3) is 10.4 Å². The van der Waals surface area contributed by atoms with E-state index >= 15 is 0 Å². The Morgan fingerprint density at radius 2 is 1.80 bits per heavy atom. The molecule has 0 spiro atoms. The Labute approximate surface area is 260 Å². The van der Waals surface area contributed by atoms with Crippen LogP contribution in [0, 0.1) is 11.7 Å². The second kappa shape index (κ2) is 12.9. The molecule has 1 atom stereocenters. The first-order valence-electron chi connectivity index (χ1n) is 15.0. The number of aromatic nitrogens is 1. The first-order valence-corrected chi connectivity index (χ1v) is 17.2. The Bertz CT molecular complexity index is 1600. The first-order chi connectivity index (χ1) is 21.2.